The Hall–Kier alpha value is -1.88. The molecule has 0 saturated heterocycles. The van der Waals surface area contributed by atoms with E-state index in [4.69, 9.17) is 4.74 Å². The summed E-state index contributed by atoms with van der Waals surface area (Å²) in [6.45, 7) is 3.35. The van der Waals surface area contributed by atoms with Crippen LogP contribution in [0.5, 0.6) is 5.75 Å². The van der Waals surface area contributed by atoms with Gasteiger partial charge in [-0.05, 0) is 26.0 Å². The summed E-state index contributed by atoms with van der Waals surface area (Å²) >= 11 is 0. The highest BCUT2D eigenvalue weighted by molar-refractivity contribution is 5.38. The number of hydrogen-bond donors (Lipinski definition) is 1. The standard InChI is InChI=1S/C12H15N3O2/c1-12(2,16)11-8-15(14-13-11)9-5-4-6-10(7-9)17-3/h4-8,16H,1-3H3. The molecule has 0 bridgehead atoms. The minimum Gasteiger partial charge on any atom is -0.497 e. The Kier molecular flexibility index (Phi) is 2.85. The van der Waals surface area contributed by atoms with Crippen molar-refractivity contribution >= 4 is 0 Å². The number of methoxy groups -OCH3 is 1. The van der Waals surface area contributed by atoms with E-state index in [0.29, 0.717) is 5.69 Å². The first-order chi connectivity index (χ1) is 8.00. The van der Waals surface area contributed by atoms with Crippen LogP contribution in [0.3, 0.4) is 0 Å². The molecule has 0 amide bonds. The van der Waals surface area contributed by atoms with Crippen LogP contribution in [0, 0.1) is 0 Å². The summed E-state index contributed by atoms with van der Waals surface area (Å²) in [5, 5.41) is 17.7. The van der Waals surface area contributed by atoms with Crippen LogP contribution in [0.4, 0.5) is 0 Å². The molecule has 1 aromatic heterocycles. The Morgan fingerprint density at radius 1 is 1.35 bits per heavy atom. The fourth-order valence-corrected chi connectivity index (χ4v) is 1.42. The molecule has 1 N–H and O–H groups in total. The van der Waals surface area contributed by atoms with Crippen LogP contribution in [0.1, 0.15) is 19.5 Å². The number of benzene rings is 1. The lowest BCUT2D eigenvalue weighted by molar-refractivity contribution is 0.0737. The van der Waals surface area contributed by atoms with Crippen LogP contribution >= 0.6 is 0 Å². The lowest BCUT2D eigenvalue weighted by atomic mass is 10.1. The topological polar surface area (TPSA) is 60.2 Å². The van der Waals surface area contributed by atoms with E-state index in [9.17, 15) is 5.11 Å². The largest absolute Gasteiger partial charge is 0.497 e. The molecule has 0 aliphatic heterocycles. The molecule has 0 aliphatic carbocycles. The number of ether oxygens (including phenoxy) is 1. The van der Waals surface area contributed by atoms with Crippen molar-refractivity contribution < 1.29 is 9.84 Å². The molecular weight excluding hydrogens is 218 g/mol. The van der Waals surface area contributed by atoms with Gasteiger partial charge in [-0.3, -0.25) is 0 Å². The summed E-state index contributed by atoms with van der Waals surface area (Å²) in [7, 11) is 1.61. The van der Waals surface area contributed by atoms with E-state index >= 15 is 0 Å². The zero-order valence-electron chi connectivity index (χ0n) is 10.1. The molecule has 0 spiro atoms. The maximum Gasteiger partial charge on any atom is 0.121 e. The van der Waals surface area contributed by atoms with Gasteiger partial charge in [0.15, 0.2) is 0 Å². The van der Waals surface area contributed by atoms with Gasteiger partial charge in [-0.25, -0.2) is 4.68 Å². The fraction of sp³-hybridized carbons (Fsp3) is 0.333. The summed E-state index contributed by atoms with van der Waals surface area (Å²) in [5.74, 6) is 0.753. The minimum absolute atomic E-state index is 0.528. The van der Waals surface area contributed by atoms with E-state index in [0.717, 1.165) is 11.4 Å². The number of aromatic nitrogens is 3. The van der Waals surface area contributed by atoms with Crippen molar-refractivity contribution in [1.29, 1.82) is 0 Å². The van der Waals surface area contributed by atoms with Gasteiger partial charge >= 0.3 is 0 Å². The van der Waals surface area contributed by atoms with E-state index in [1.807, 2.05) is 24.3 Å². The Balaban J connectivity index is 2.37. The van der Waals surface area contributed by atoms with Crippen LogP contribution in [0.2, 0.25) is 0 Å². The SMILES string of the molecule is COc1cccc(-n2cc(C(C)(C)O)nn2)c1. The molecule has 0 aliphatic rings. The van der Waals surface area contributed by atoms with E-state index in [1.54, 1.807) is 31.8 Å². The zero-order chi connectivity index (χ0) is 12.5. The predicted octanol–water partition coefficient (Wildman–Crippen LogP) is 1.50. The fourth-order valence-electron chi connectivity index (χ4n) is 1.42. The highest BCUT2D eigenvalue weighted by Gasteiger charge is 2.20. The van der Waals surface area contributed by atoms with Crippen molar-refractivity contribution in [2.75, 3.05) is 7.11 Å². The van der Waals surface area contributed by atoms with Gasteiger partial charge in [0, 0.05) is 6.07 Å². The van der Waals surface area contributed by atoms with Crippen LogP contribution in [0.15, 0.2) is 30.5 Å². The minimum atomic E-state index is -0.989. The molecule has 0 unspecified atom stereocenters. The lowest BCUT2D eigenvalue weighted by Crippen LogP contribution is -2.15. The summed E-state index contributed by atoms with van der Waals surface area (Å²) in [4.78, 5) is 0. The Bertz CT molecular complexity index is 514. The second kappa shape index (κ2) is 4.18. The summed E-state index contributed by atoms with van der Waals surface area (Å²) in [6.07, 6.45) is 1.70. The van der Waals surface area contributed by atoms with Gasteiger partial charge in [-0.1, -0.05) is 11.3 Å². The molecular formula is C12H15N3O2. The Morgan fingerprint density at radius 3 is 2.71 bits per heavy atom. The molecule has 0 atom stereocenters. The van der Waals surface area contributed by atoms with Gasteiger partial charge < -0.3 is 9.84 Å². The number of rotatable bonds is 3. The maximum atomic E-state index is 9.81. The van der Waals surface area contributed by atoms with Crippen LogP contribution in [-0.2, 0) is 5.60 Å². The summed E-state index contributed by atoms with van der Waals surface area (Å²) in [6, 6.07) is 7.48. The highest BCUT2D eigenvalue weighted by Crippen LogP contribution is 2.19. The first kappa shape index (κ1) is 11.6. The number of hydrogen-bond acceptors (Lipinski definition) is 4. The van der Waals surface area contributed by atoms with E-state index < -0.39 is 5.60 Å². The van der Waals surface area contributed by atoms with Gasteiger partial charge in [-0.15, -0.1) is 5.10 Å². The monoisotopic (exact) mass is 233 g/mol. The average Bonchev–Trinajstić information content (AvgIpc) is 2.78. The second-order valence-corrected chi connectivity index (χ2v) is 4.31. The smallest absolute Gasteiger partial charge is 0.121 e. The zero-order valence-corrected chi connectivity index (χ0v) is 10.1. The quantitative estimate of drug-likeness (QED) is 0.872. The number of nitrogens with zero attached hydrogens (tertiary/aromatic N) is 3. The summed E-state index contributed by atoms with van der Waals surface area (Å²) < 4.78 is 6.75. The number of aliphatic hydroxyl groups is 1. The van der Waals surface area contributed by atoms with Crippen LogP contribution in [0.25, 0.3) is 5.69 Å². The van der Waals surface area contributed by atoms with Gasteiger partial charge in [0.2, 0.25) is 0 Å². The molecule has 5 nitrogen and oxygen atoms in total. The van der Waals surface area contributed by atoms with Crippen molar-refractivity contribution in [2.45, 2.75) is 19.4 Å². The molecule has 2 aromatic rings. The van der Waals surface area contributed by atoms with Crippen molar-refractivity contribution in [2.24, 2.45) is 0 Å². The molecule has 0 radical (unpaired) electrons. The van der Waals surface area contributed by atoms with Gasteiger partial charge in [0.25, 0.3) is 0 Å². The van der Waals surface area contributed by atoms with Crippen LogP contribution < -0.4 is 4.74 Å². The van der Waals surface area contributed by atoms with Gasteiger partial charge in [0.05, 0.1) is 19.0 Å². The van der Waals surface area contributed by atoms with Crippen molar-refractivity contribution in [1.82, 2.24) is 15.0 Å². The molecule has 17 heavy (non-hydrogen) atoms. The second-order valence-electron chi connectivity index (χ2n) is 4.31. The Labute approximate surface area is 99.7 Å². The van der Waals surface area contributed by atoms with Crippen molar-refractivity contribution in [3.8, 4) is 11.4 Å². The van der Waals surface area contributed by atoms with E-state index in [1.165, 1.54) is 0 Å². The third-order valence-electron chi connectivity index (χ3n) is 2.44. The highest BCUT2D eigenvalue weighted by atomic mass is 16.5. The molecule has 0 fully saturated rings. The third-order valence-corrected chi connectivity index (χ3v) is 2.44. The summed E-state index contributed by atoms with van der Waals surface area (Å²) in [5.41, 5.74) is 0.379. The van der Waals surface area contributed by atoms with E-state index in [-0.39, 0.29) is 0 Å². The van der Waals surface area contributed by atoms with Crippen molar-refractivity contribution in [3.05, 3.63) is 36.2 Å². The van der Waals surface area contributed by atoms with Gasteiger partial charge in [-0.2, -0.15) is 0 Å². The molecule has 1 aromatic carbocycles. The molecule has 5 heteroatoms. The van der Waals surface area contributed by atoms with E-state index in [2.05, 4.69) is 10.3 Å². The third kappa shape index (κ3) is 2.45. The normalized spacial score (nSPS) is 11.5. The lowest BCUT2D eigenvalue weighted by Gasteiger charge is -2.11. The molecule has 1 heterocycles. The predicted molar refractivity (Wildman–Crippen MR) is 63.2 cm³/mol. The average molecular weight is 233 g/mol. The first-order valence-corrected chi connectivity index (χ1v) is 5.30. The molecule has 90 valence electrons. The Morgan fingerprint density at radius 2 is 2.12 bits per heavy atom. The van der Waals surface area contributed by atoms with Gasteiger partial charge in [0.1, 0.15) is 17.0 Å². The molecule has 0 saturated carbocycles. The van der Waals surface area contributed by atoms with Crippen LogP contribution in [-0.4, -0.2) is 27.2 Å². The maximum absolute atomic E-state index is 9.81. The van der Waals surface area contributed by atoms with Crippen molar-refractivity contribution in [3.63, 3.8) is 0 Å². The first-order valence-electron chi connectivity index (χ1n) is 5.30. The molecule has 2 rings (SSSR count).